The summed E-state index contributed by atoms with van der Waals surface area (Å²) in [6.45, 7) is 12.0. The first-order valence-electron chi connectivity index (χ1n) is 4.92. The molecule has 1 heteroatoms. The van der Waals surface area contributed by atoms with Crippen molar-refractivity contribution in [3.05, 3.63) is 0 Å². The molecule has 12 heavy (non-hydrogen) atoms. The molecule has 0 aliphatic rings. The number of hydrogen-bond donors (Lipinski definition) is 0. The summed E-state index contributed by atoms with van der Waals surface area (Å²) in [6, 6.07) is 0. The molecule has 0 nitrogen and oxygen atoms in total. The Morgan fingerprint density at radius 1 is 1.17 bits per heavy atom. The Hall–Kier alpha value is -0.0700. The van der Waals surface area contributed by atoms with Crippen LogP contribution >= 0.6 is 0 Å². The minimum absolute atomic E-state index is 0.198. The predicted octanol–water partition coefficient (Wildman–Crippen LogP) is 4.20. The largest absolute Gasteiger partial charge is 0.244 e. The lowest BCUT2D eigenvalue weighted by molar-refractivity contribution is 0.0144. The van der Waals surface area contributed by atoms with Gasteiger partial charge in [0.15, 0.2) is 0 Å². The molecule has 0 heterocycles. The van der Waals surface area contributed by atoms with E-state index >= 15 is 0 Å². The van der Waals surface area contributed by atoms with Crippen LogP contribution in [0.4, 0.5) is 4.39 Å². The summed E-state index contributed by atoms with van der Waals surface area (Å²) < 4.78 is 14.0. The molecule has 1 atom stereocenters. The highest BCUT2D eigenvalue weighted by molar-refractivity contribution is 4.89. The van der Waals surface area contributed by atoms with Gasteiger partial charge in [0, 0.05) is 0 Å². The third-order valence-electron chi connectivity index (χ3n) is 2.99. The van der Waals surface area contributed by atoms with Crippen LogP contribution in [0.5, 0.6) is 0 Å². The van der Waals surface area contributed by atoms with Gasteiger partial charge in [-0.05, 0) is 31.1 Å². The maximum Gasteiger partial charge on any atom is 0.113 e. The summed E-state index contributed by atoms with van der Waals surface area (Å²) in [5.74, 6) is 0.571. The lowest BCUT2D eigenvalue weighted by atomic mass is 9.71. The first-order valence-corrected chi connectivity index (χ1v) is 4.92. The normalized spacial score (nSPS) is 18.0. The van der Waals surface area contributed by atoms with Crippen molar-refractivity contribution in [1.29, 1.82) is 0 Å². The maximum absolute atomic E-state index is 14.0. The first kappa shape index (κ1) is 11.9. The number of halogens is 1. The topological polar surface area (TPSA) is 0 Å². The van der Waals surface area contributed by atoms with Crippen molar-refractivity contribution in [3.63, 3.8) is 0 Å². The third-order valence-corrected chi connectivity index (χ3v) is 2.99. The zero-order valence-electron chi connectivity index (χ0n) is 9.37. The van der Waals surface area contributed by atoms with E-state index in [4.69, 9.17) is 0 Å². The molecule has 1 unspecified atom stereocenters. The second kappa shape index (κ2) is 3.76. The van der Waals surface area contributed by atoms with Crippen LogP contribution in [0.15, 0.2) is 0 Å². The van der Waals surface area contributed by atoms with Gasteiger partial charge in [-0.2, -0.15) is 0 Å². The van der Waals surface area contributed by atoms with Crippen LogP contribution < -0.4 is 0 Å². The van der Waals surface area contributed by atoms with E-state index in [1.165, 1.54) is 0 Å². The highest BCUT2D eigenvalue weighted by atomic mass is 19.1. The van der Waals surface area contributed by atoms with Crippen molar-refractivity contribution in [1.82, 2.24) is 0 Å². The van der Waals surface area contributed by atoms with Gasteiger partial charge >= 0.3 is 0 Å². The van der Waals surface area contributed by atoms with E-state index in [9.17, 15) is 4.39 Å². The van der Waals surface area contributed by atoms with Gasteiger partial charge in [-0.1, -0.05) is 34.6 Å². The van der Waals surface area contributed by atoms with Gasteiger partial charge in [0.05, 0.1) is 0 Å². The fourth-order valence-corrected chi connectivity index (χ4v) is 1.71. The van der Waals surface area contributed by atoms with E-state index in [0.717, 1.165) is 6.42 Å². The molecule has 0 rings (SSSR count). The molecule has 0 amide bonds. The summed E-state index contributed by atoms with van der Waals surface area (Å²) in [6.07, 6.45) is 1.56. The Kier molecular flexibility index (Phi) is 3.74. The molecule has 0 aromatic rings. The SMILES string of the molecule is CCC(C)(F)C(C)(C)CC(C)C. The summed E-state index contributed by atoms with van der Waals surface area (Å²) in [4.78, 5) is 0. The van der Waals surface area contributed by atoms with Gasteiger partial charge in [0.1, 0.15) is 5.67 Å². The lowest BCUT2D eigenvalue weighted by Gasteiger charge is -2.38. The predicted molar refractivity (Wildman–Crippen MR) is 53.0 cm³/mol. The number of hydrogen-bond acceptors (Lipinski definition) is 0. The van der Waals surface area contributed by atoms with Gasteiger partial charge in [-0.3, -0.25) is 0 Å². The zero-order chi connectivity index (χ0) is 9.99. The summed E-state index contributed by atoms with van der Waals surface area (Å²) in [5, 5.41) is 0. The zero-order valence-corrected chi connectivity index (χ0v) is 9.37. The molecule has 0 aliphatic carbocycles. The molecular formula is C11H23F. The maximum atomic E-state index is 14.0. The highest BCUT2D eigenvalue weighted by Gasteiger charge is 2.39. The standard InChI is InChI=1S/C11H23F/c1-7-11(6,12)10(4,5)8-9(2)3/h9H,7-8H2,1-6H3. The minimum atomic E-state index is -1.03. The summed E-state index contributed by atoms with van der Waals surface area (Å²) in [5.41, 5.74) is -1.23. The van der Waals surface area contributed by atoms with Crippen LogP contribution in [0.3, 0.4) is 0 Å². The summed E-state index contributed by atoms with van der Waals surface area (Å²) >= 11 is 0. The van der Waals surface area contributed by atoms with Gasteiger partial charge in [-0.15, -0.1) is 0 Å². The average Bonchev–Trinajstić information content (AvgIpc) is 1.84. The molecule has 0 saturated heterocycles. The van der Waals surface area contributed by atoms with Gasteiger partial charge in [0.2, 0.25) is 0 Å². The van der Waals surface area contributed by atoms with E-state index in [1.54, 1.807) is 6.92 Å². The van der Waals surface area contributed by atoms with Crippen molar-refractivity contribution >= 4 is 0 Å². The number of rotatable bonds is 4. The van der Waals surface area contributed by atoms with Crippen molar-refractivity contribution in [2.24, 2.45) is 11.3 Å². The van der Waals surface area contributed by atoms with Crippen LogP contribution in [-0.2, 0) is 0 Å². The minimum Gasteiger partial charge on any atom is -0.244 e. The smallest absolute Gasteiger partial charge is 0.113 e. The van der Waals surface area contributed by atoms with E-state index < -0.39 is 5.67 Å². The second-order valence-electron chi connectivity index (χ2n) is 5.03. The molecule has 0 aromatic carbocycles. The Morgan fingerprint density at radius 2 is 1.58 bits per heavy atom. The Morgan fingerprint density at radius 3 is 1.83 bits per heavy atom. The Labute approximate surface area is 76.6 Å². The molecule has 0 saturated carbocycles. The molecule has 74 valence electrons. The second-order valence-corrected chi connectivity index (χ2v) is 5.03. The van der Waals surface area contributed by atoms with Crippen LogP contribution in [0.1, 0.15) is 54.4 Å². The lowest BCUT2D eigenvalue weighted by Crippen LogP contribution is -2.38. The quantitative estimate of drug-likeness (QED) is 0.599. The van der Waals surface area contributed by atoms with Crippen molar-refractivity contribution in [2.75, 3.05) is 0 Å². The molecular weight excluding hydrogens is 151 g/mol. The monoisotopic (exact) mass is 174 g/mol. The molecule has 0 spiro atoms. The van der Waals surface area contributed by atoms with Crippen LogP contribution in [0, 0.1) is 11.3 Å². The average molecular weight is 174 g/mol. The Balaban J connectivity index is 4.37. The fourth-order valence-electron chi connectivity index (χ4n) is 1.71. The van der Waals surface area contributed by atoms with Crippen LogP contribution in [0.25, 0.3) is 0 Å². The molecule has 0 fully saturated rings. The summed E-state index contributed by atoms with van der Waals surface area (Å²) in [7, 11) is 0. The molecule has 0 aliphatic heterocycles. The van der Waals surface area contributed by atoms with Crippen molar-refractivity contribution < 1.29 is 4.39 Å². The van der Waals surface area contributed by atoms with E-state index in [1.807, 2.05) is 20.8 Å². The van der Waals surface area contributed by atoms with E-state index in [2.05, 4.69) is 13.8 Å². The molecule has 0 aromatic heterocycles. The van der Waals surface area contributed by atoms with E-state index in [0.29, 0.717) is 12.3 Å². The van der Waals surface area contributed by atoms with Crippen LogP contribution in [-0.4, -0.2) is 5.67 Å². The van der Waals surface area contributed by atoms with Gasteiger partial charge < -0.3 is 0 Å². The van der Waals surface area contributed by atoms with Crippen molar-refractivity contribution in [2.45, 2.75) is 60.1 Å². The van der Waals surface area contributed by atoms with Gasteiger partial charge in [0.25, 0.3) is 0 Å². The highest BCUT2D eigenvalue weighted by Crippen LogP contribution is 2.41. The first-order chi connectivity index (χ1) is 5.23. The molecule has 0 N–H and O–H groups in total. The number of alkyl halides is 1. The van der Waals surface area contributed by atoms with E-state index in [-0.39, 0.29) is 5.41 Å². The van der Waals surface area contributed by atoms with Crippen molar-refractivity contribution in [3.8, 4) is 0 Å². The fraction of sp³-hybridized carbons (Fsp3) is 1.00. The van der Waals surface area contributed by atoms with Crippen LogP contribution in [0.2, 0.25) is 0 Å². The third kappa shape index (κ3) is 2.76. The Bertz CT molecular complexity index is 134. The molecule has 0 radical (unpaired) electrons. The molecule has 0 bridgehead atoms. The van der Waals surface area contributed by atoms with Gasteiger partial charge in [-0.25, -0.2) is 4.39 Å².